The molecule has 116 valence electrons. The molecule has 0 spiro atoms. The number of fused-ring (bicyclic) bond motifs is 1. The minimum Gasteiger partial charge on any atom is -0.406 e. The summed E-state index contributed by atoms with van der Waals surface area (Å²) in [6.45, 7) is 2.17. The first-order chi connectivity index (χ1) is 9.99. The van der Waals surface area contributed by atoms with Crippen LogP contribution in [0.2, 0.25) is 0 Å². The molecule has 0 bridgehead atoms. The largest absolute Gasteiger partial charge is 0.573 e. The molecule has 0 atom stereocenters. The first kappa shape index (κ1) is 15.7. The van der Waals surface area contributed by atoms with E-state index >= 15 is 0 Å². The van der Waals surface area contributed by atoms with Gasteiger partial charge in [0.15, 0.2) is 0 Å². The highest BCUT2D eigenvalue weighted by Gasteiger charge is 2.31. The molecule has 2 nitrogen and oxygen atoms in total. The number of alkyl halides is 3. The van der Waals surface area contributed by atoms with Crippen LogP contribution in [0.4, 0.5) is 13.2 Å². The second kappa shape index (κ2) is 6.87. The molecule has 1 aromatic heterocycles. The fraction of sp³-hybridized carbons (Fsp3) is 0.500. The Morgan fingerprint density at radius 3 is 2.57 bits per heavy atom. The minimum absolute atomic E-state index is 0.165. The molecule has 1 heterocycles. The molecule has 21 heavy (non-hydrogen) atoms. The van der Waals surface area contributed by atoms with Crippen molar-refractivity contribution in [2.45, 2.75) is 51.8 Å². The van der Waals surface area contributed by atoms with Crippen LogP contribution < -0.4 is 4.74 Å². The van der Waals surface area contributed by atoms with Crippen LogP contribution in [-0.2, 0) is 6.42 Å². The van der Waals surface area contributed by atoms with Crippen molar-refractivity contribution in [2.75, 3.05) is 0 Å². The van der Waals surface area contributed by atoms with Crippen LogP contribution in [0.15, 0.2) is 24.4 Å². The van der Waals surface area contributed by atoms with Crippen molar-refractivity contribution >= 4 is 10.9 Å². The molecule has 0 radical (unpaired) electrons. The molecular weight excluding hydrogens is 279 g/mol. The van der Waals surface area contributed by atoms with Gasteiger partial charge in [0.1, 0.15) is 5.75 Å². The van der Waals surface area contributed by atoms with E-state index in [1.165, 1.54) is 31.4 Å². The number of halogens is 3. The Balaban J connectivity index is 2.04. The molecule has 0 amide bonds. The van der Waals surface area contributed by atoms with Crippen LogP contribution in [0.25, 0.3) is 10.9 Å². The normalized spacial score (nSPS) is 12.0. The molecule has 0 saturated carbocycles. The first-order valence-corrected chi connectivity index (χ1v) is 7.35. The average molecular weight is 299 g/mol. The number of hydrogen-bond donors (Lipinski definition) is 1. The lowest BCUT2D eigenvalue weighted by molar-refractivity contribution is -0.274. The molecule has 0 aliphatic heterocycles. The quantitative estimate of drug-likeness (QED) is 0.663. The van der Waals surface area contributed by atoms with Crippen LogP contribution in [0, 0.1) is 0 Å². The summed E-state index contributed by atoms with van der Waals surface area (Å²) in [4.78, 5) is 3.09. The lowest BCUT2D eigenvalue weighted by atomic mass is 10.0. The molecule has 0 aliphatic rings. The van der Waals surface area contributed by atoms with Crippen molar-refractivity contribution in [3.8, 4) is 5.75 Å². The average Bonchev–Trinajstić information content (AvgIpc) is 2.79. The molecule has 2 rings (SSSR count). The Morgan fingerprint density at radius 1 is 1.10 bits per heavy atom. The zero-order chi connectivity index (χ0) is 15.3. The van der Waals surface area contributed by atoms with Crippen LogP contribution in [0.5, 0.6) is 5.75 Å². The molecular formula is C16H20F3NO. The standard InChI is InChI=1S/C16H20F3NO/c1-2-3-4-5-6-7-12-11-20-15-9-8-13(10-14(12)15)21-16(17,18)19/h8-11,20H,2-7H2,1H3. The van der Waals surface area contributed by atoms with E-state index < -0.39 is 6.36 Å². The van der Waals surface area contributed by atoms with E-state index in [1.807, 2.05) is 6.20 Å². The number of aromatic nitrogens is 1. The van der Waals surface area contributed by atoms with Gasteiger partial charge in [-0.3, -0.25) is 0 Å². The van der Waals surface area contributed by atoms with Gasteiger partial charge in [0.2, 0.25) is 0 Å². The molecule has 5 heteroatoms. The van der Waals surface area contributed by atoms with Crippen LogP contribution in [0.1, 0.15) is 44.6 Å². The Kier molecular flexibility index (Phi) is 5.15. The van der Waals surface area contributed by atoms with E-state index in [4.69, 9.17) is 0 Å². The Labute approximate surface area is 122 Å². The number of H-pyrrole nitrogens is 1. The van der Waals surface area contributed by atoms with Gasteiger partial charge in [0.05, 0.1) is 0 Å². The summed E-state index contributed by atoms with van der Waals surface area (Å²) < 4.78 is 40.8. The smallest absolute Gasteiger partial charge is 0.406 e. The summed E-state index contributed by atoms with van der Waals surface area (Å²) in [5, 5.41) is 0.812. The summed E-state index contributed by atoms with van der Waals surface area (Å²) >= 11 is 0. The number of ether oxygens (including phenoxy) is 1. The fourth-order valence-corrected chi connectivity index (χ4v) is 2.48. The maximum Gasteiger partial charge on any atom is 0.573 e. The third-order valence-corrected chi connectivity index (χ3v) is 3.52. The van der Waals surface area contributed by atoms with Crippen molar-refractivity contribution in [3.05, 3.63) is 30.0 Å². The van der Waals surface area contributed by atoms with Gasteiger partial charge in [0, 0.05) is 17.1 Å². The maximum absolute atomic E-state index is 12.3. The molecule has 0 unspecified atom stereocenters. The third-order valence-electron chi connectivity index (χ3n) is 3.52. The van der Waals surface area contributed by atoms with Crippen LogP contribution in [0.3, 0.4) is 0 Å². The van der Waals surface area contributed by atoms with Crippen molar-refractivity contribution < 1.29 is 17.9 Å². The first-order valence-electron chi connectivity index (χ1n) is 7.35. The molecule has 1 N–H and O–H groups in total. The monoisotopic (exact) mass is 299 g/mol. The van der Waals surface area contributed by atoms with E-state index in [0.717, 1.165) is 35.7 Å². The Hall–Kier alpha value is -1.65. The van der Waals surface area contributed by atoms with E-state index in [0.29, 0.717) is 0 Å². The summed E-state index contributed by atoms with van der Waals surface area (Å²) in [6.07, 6.45) is 3.95. The minimum atomic E-state index is -4.65. The molecule has 2 aromatic rings. The zero-order valence-corrected chi connectivity index (χ0v) is 12.1. The second-order valence-electron chi connectivity index (χ2n) is 5.23. The van der Waals surface area contributed by atoms with Crippen LogP contribution in [-0.4, -0.2) is 11.3 Å². The van der Waals surface area contributed by atoms with Gasteiger partial charge in [-0.25, -0.2) is 0 Å². The fourth-order valence-electron chi connectivity index (χ4n) is 2.48. The summed E-state index contributed by atoms with van der Waals surface area (Å²) in [6, 6.07) is 4.41. The molecule has 1 aromatic carbocycles. The summed E-state index contributed by atoms with van der Waals surface area (Å²) in [5.41, 5.74) is 1.89. The van der Waals surface area contributed by atoms with Crippen molar-refractivity contribution in [2.24, 2.45) is 0 Å². The van der Waals surface area contributed by atoms with Gasteiger partial charge in [-0.05, 0) is 36.6 Å². The van der Waals surface area contributed by atoms with Gasteiger partial charge < -0.3 is 9.72 Å². The predicted octanol–water partition coefficient (Wildman–Crippen LogP) is 5.58. The number of unbranched alkanes of at least 4 members (excludes halogenated alkanes) is 4. The van der Waals surface area contributed by atoms with Crippen molar-refractivity contribution in [3.63, 3.8) is 0 Å². The van der Waals surface area contributed by atoms with Crippen molar-refractivity contribution in [1.82, 2.24) is 4.98 Å². The SMILES string of the molecule is CCCCCCCc1c[nH]c2ccc(OC(F)(F)F)cc12. The molecule has 0 aliphatic carbocycles. The molecule has 0 saturated heterocycles. The van der Waals surface area contributed by atoms with E-state index in [-0.39, 0.29) is 5.75 Å². The number of rotatable bonds is 7. The predicted molar refractivity (Wildman–Crippen MR) is 77.4 cm³/mol. The Bertz CT molecular complexity index is 574. The highest BCUT2D eigenvalue weighted by Crippen LogP contribution is 2.28. The maximum atomic E-state index is 12.3. The second-order valence-corrected chi connectivity index (χ2v) is 5.23. The van der Waals surface area contributed by atoms with Crippen molar-refractivity contribution in [1.29, 1.82) is 0 Å². The lowest BCUT2D eigenvalue weighted by Crippen LogP contribution is -2.16. The van der Waals surface area contributed by atoms with E-state index in [2.05, 4.69) is 16.6 Å². The van der Waals surface area contributed by atoms with Gasteiger partial charge in [-0.15, -0.1) is 13.2 Å². The number of benzene rings is 1. The summed E-state index contributed by atoms with van der Waals surface area (Å²) in [7, 11) is 0. The van der Waals surface area contributed by atoms with Gasteiger partial charge >= 0.3 is 6.36 Å². The number of aryl methyl sites for hydroxylation is 1. The topological polar surface area (TPSA) is 25.0 Å². The van der Waals surface area contributed by atoms with Crippen LogP contribution >= 0.6 is 0 Å². The number of aromatic amines is 1. The molecule has 0 fully saturated rings. The van der Waals surface area contributed by atoms with E-state index in [1.54, 1.807) is 6.07 Å². The highest BCUT2D eigenvalue weighted by molar-refractivity contribution is 5.84. The number of nitrogens with one attached hydrogen (secondary N) is 1. The third kappa shape index (κ3) is 4.69. The van der Waals surface area contributed by atoms with Gasteiger partial charge in [0.25, 0.3) is 0 Å². The highest BCUT2D eigenvalue weighted by atomic mass is 19.4. The van der Waals surface area contributed by atoms with Gasteiger partial charge in [-0.2, -0.15) is 0 Å². The van der Waals surface area contributed by atoms with Gasteiger partial charge in [-0.1, -0.05) is 32.6 Å². The zero-order valence-electron chi connectivity index (χ0n) is 12.1. The summed E-state index contributed by atoms with van der Waals surface area (Å²) in [5.74, 6) is -0.165. The lowest BCUT2D eigenvalue weighted by Gasteiger charge is -2.09. The Morgan fingerprint density at radius 2 is 1.86 bits per heavy atom. The van der Waals surface area contributed by atoms with E-state index in [9.17, 15) is 13.2 Å². The number of hydrogen-bond acceptors (Lipinski definition) is 1.